The second-order valence-electron chi connectivity index (χ2n) is 15.0. The predicted octanol–water partition coefficient (Wildman–Crippen LogP) is 14.6. The summed E-state index contributed by atoms with van der Waals surface area (Å²) in [5, 5.41) is 11.0. The maximum Gasteiger partial charge on any atom is 0.164 e. The SMILES string of the molecule is c1cc(-c2ccc3c(ccc4ccccc43)c2)cc(-c2nc(-c3ccc(-c4nc5ccccc5c5c4sc4ccccc45)cc3)nc(-c3ccc4ccccc4c3)n2)c1. The van der Waals surface area contributed by atoms with Crippen molar-refractivity contribution in [2.24, 2.45) is 0 Å². The molecule has 3 heterocycles. The van der Waals surface area contributed by atoms with Gasteiger partial charge in [0.15, 0.2) is 17.5 Å². The van der Waals surface area contributed by atoms with Gasteiger partial charge in [-0.25, -0.2) is 19.9 Å². The van der Waals surface area contributed by atoms with Crippen molar-refractivity contribution in [2.75, 3.05) is 0 Å². The fraction of sp³-hybridized carbons (Fsp3) is 0. The van der Waals surface area contributed by atoms with Crippen LogP contribution in [0.15, 0.2) is 194 Å². The quantitative estimate of drug-likeness (QED) is 0.164. The van der Waals surface area contributed by atoms with Gasteiger partial charge in [0.1, 0.15) is 0 Å². The molecule has 0 spiro atoms. The Kier molecular flexibility index (Phi) is 7.68. The molecule has 0 aliphatic rings. The fourth-order valence-electron chi connectivity index (χ4n) is 8.53. The number of benzene rings is 9. The summed E-state index contributed by atoms with van der Waals surface area (Å²) in [7, 11) is 0. The van der Waals surface area contributed by atoms with Crippen molar-refractivity contribution in [3.05, 3.63) is 194 Å². The van der Waals surface area contributed by atoms with Crippen molar-refractivity contribution in [3.63, 3.8) is 0 Å². The Bertz CT molecular complexity index is 3630. The zero-order valence-corrected chi connectivity index (χ0v) is 32.5. The van der Waals surface area contributed by atoms with Crippen molar-refractivity contribution < 1.29 is 0 Å². The van der Waals surface area contributed by atoms with Gasteiger partial charge in [0.2, 0.25) is 0 Å². The van der Waals surface area contributed by atoms with Crippen molar-refractivity contribution in [1.82, 2.24) is 19.9 Å². The van der Waals surface area contributed by atoms with E-state index in [-0.39, 0.29) is 0 Å². The molecule has 0 bridgehead atoms. The van der Waals surface area contributed by atoms with E-state index in [1.807, 2.05) is 0 Å². The van der Waals surface area contributed by atoms with Crippen LogP contribution in [0.4, 0.5) is 0 Å². The van der Waals surface area contributed by atoms with Crippen molar-refractivity contribution >= 4 is 74.7 Å². The maximum absolute atomic E-state index is 5.24. The lowest BCUT2D eigenvalue weighted by atomic mass is 9.96. The molecule has 4 nitrogen and oxygen atoms in total. The van der Waals surface area contributed by atoms with Gasteiger partial charge < -0.3 is 0 Å². The maximum atomic E-state index is 5.24. The molecular weight excluding hydrogens is 737 g/mol. The third kappa shape index (κ3) is 5.74. The van der Waals surface area contributed by atoms with Crippen LogP contribution >= 0.6 is 11.3 Å². The van der Waals surface area contributed by atoms with E-state index in [4.69, 9.17) is 19.9 Å². The number of hydrogen-bond acceptors (Lipinski definition) is 5. The minimum absolute atomic E-state index is 0.617. The van der Waals surface area contributed by atoms with E-state index in [2.05, 4.69) is 194 Å². The summed E-state index contributed by atoms with van der Waals surface area (Å²) < 4.78 is 2.45. The van der Waals surface area contributed by atoms with Gasteiger partial charge >= 0.3 is 0 Å². The highest BCUT2D eigenvalue weighted by molar-refractivity contribution is 7.26. The average Bonchev–Trinajstić information content (AvgIpc) is 3.71. The van der Waals surface area contributed by atoms with Crippen LogP contribution in [0.2, 0.25) is 0 Å². The monoisotopic (exact) mass is 768 g/mol. The standard InChI is InChI=1S/C54H32N4S/c1-2-12-37-31-42(27-20-33(37)10-1)54-57-52(36-24-22-35(23-25-36)50-51-49(45-16-5-7-18-47(45)55-50)46-17-6-8-19-48(46)59-51)56-53(58-54)41-14-9-13-38(32-41)39-28-29-44-40(30-39)26-21-34-11-3-4-15-43(34)44/h1-32H. The molecule has 0 fully saturated rings. The number of thiophene rings is 1. The van der Waals surface area contributed by atoms with E-state index in [0.29, 0.717) is 17.5 Å². The van der Waals surface area contributed by atoms with Crippen LogP contribution in [0.25, 0.3) is 120 Å². The van der Waals surface area contributed by atoms with Gasteiger partial charge in [-0.15, -0.1) is 11.3 Å². The van der Waals surface area contributed by atoms with Crippen LogP contribution in [0.5, 0.6) is 0 Å². The van der Waals surface area contributed by atoms with Crippen LogP contribution in [-0.2, 0) is 0 Å². The highest BCUT2D eigenvalue weighted by Gasteiger charge is 2.18. The van der Waals surface area contributed by atoms with Crippen molar-refractivity contribution in [1.29, 1.82) is 0 Å². The molecule has 274 valence electrons. The van der Waals surface area contributed by atoms with Crippen LogP contribution in [-0.4, -0.2) is 19.9 Å². The summed E-state index contributed by atoms with van der Waals surface area (Å²) in [5.41, 5.74) is 8.05. The first-order valence-electron chi connectivity index (χ1n) is 19.8. The van der Waals surface area contributed by atoms with Gasteiger partial charge in [-0.1, -0.05) is 164 Å². The first-order chi connectivity index (χ1) is 29.2. The molecule has 0 radical (unpaired) electrons. The molecule has 0 atom stereocenters. The first-order valence-corrected chi connectivity index (χ1v) is 20.6. The van der Waals surface area contributed by atoms with Crippen LogP contribution < -0.4 is 0 Å². The third-order valence-electron chi connectivity index (χ3n) is 11.5. The van der Waals surface area contributed by atoms with E-state index >= 15 is 0 Å². The van der Waals surface area contributed by atoms with Crippen LogP contribution in [0.3, 0.4) is 0 Å². The summed E-state index contributed by atoms with van der Waals surface area (Å²) >= 11 is 1.80. The molecule has 12 aromatic rings. The van der Waals surface area contributed by atoms with Crippen molar-refractivity contribution in [2.45, 2.75) is 0 Å². The van der Waals surface area contributed by atoms with Crippen molar-refractivity contribution in [3.8, 4) is 56.5 Å². The molecule has 0 saturated heterocycles. The summed E-state index contributed by atoms with van der Waals surface area (Å²) in [6, 6.07) is 68.7. The molecule has 59 heavy (non-hydrogen) atoms. The largest absolute Gasteiger partial charge is 0.246 e. The van der Waals surface area contributed by atoms with Crippen LogP contribution in [0, 0.1) is 0 Å². The second-order valence-corrected chi connectivity index (χ2v) is 16.1. The lowest BCUT2D eigenvalue weighted by Gasteiger charge is -2.11. The molecule has 0 amide bonds. The van der Waals surface area contributed by atoms with Gasteiger partial charge in [0.25, 0.3) is 0 Å². The van der Waals surface area contributed by atoms with Gasteiger partial charge in [-0.2, -0.15) is 0 Å². The number of rotatable bonds is 5. The van der Waals surface area contributed by atoms with E-state index in [1.54, 1.807) is 11.3 Å². The number of aromatic nitrogens is 4. The predicted molar refractivity (Wildman–Crippen MR) is 248 cm³/mol. The number of fused-ring (bicyclic) bond motifs is 9. The Balaban J connectivity index is 0.981. The molecule has 9 aromatic carbocycles. The smallest absolute Gasteiger partial charge is 0.164 e. The Labute approximate surface area is 343 Å². The molecule has 0 aliphatic heterocycles. The van der Waals surface area contributed by atoms with Gasteiger partial charge in [0, 0.05) is 43.1 Å². The molecule has 0 unspecified atom stereocenters. The summed E-state index contributed by atoms with van der Waals surface area (Å²) in [4.78, 5) is 20.7. The summed E-state index contributed by atoms with van der Waals surface area (Å²) in [6.45, 7) is 0. The molecule has 0 saturated carbocycles. The fourth-order valence-corrected chi connectivity index (χ4v) is 9.76. The highest BCUT2D eigenvalue weighted by Crippen LogP contribution is 2.43. The van der Waals surface area contributed by atoms with Gasteiger partial charge in [0.05, 0.1) is 15.9 Å². The zero-order valence-electron chi connectivity index (χ0n) is 31.7. The second kappa shape index (κ2) is 13.5. The molecule has 0 aliphatic carbocycles. The topological polar surface area (TPSA) is 51.6 Å². The van der Waals surface area contributed by atoms with Gasteiger partial charge in [-0.05, 0) is 73.8 Å². The Morgan fingerprint density at radius 3 is 1.69 bits per heavy atom. The normalized spacial score (nSPS) is 11.7. The lowest BCUT2D eigenvalue weighted by molar-refractivity contribution is 1.07. The number of nitrogens with zero attached hydrogens (tertiary/aromatic N) is 4. The molecule has 0 N–H and O–H groups in total. The Morgan fingerprint density at radius 2 is 0.847 bits per heavy atom. The third-order valence-corrected chi connectivity index (χ3v) is 12.7. The minimum atomic E-state index is 0.617. The number of pyridine rings is 1. The Morgan fingerprint density at radius 1 is 0.305 bits per heavy atom. The number of para-hydroxylation sites is 1. The zero-order chi connectivity index (χ0) is 38.9. The average molecular weight is 769 g/mol. The molecule has 12 rings (SSSR count). The molecular formula is C54H32N4S. The first kappa shape index (κ1) is 33.5. The van der Waals surface area contributed by atoms with Gasteiger partial charge in [-0.3, -0.25) is 0 Å². The molecule has 5 heteroatoms. The minimum Gasteiger partial charge on any atom is -0.246 e. The van der Waals surface area contributed by atoms with E-state index in [1.165, 1.54) is 52.5 Å². The van der Waals surface area contributed by atoms with E-state index in [9.17, 15) is 0 Å². The lowest BCUT2D eigenvalue weighted by Crippen LogP contribution is -2.00. The summed E-state index contributed by atoms with van der Waals surface area (Å²) in [5.74, 6) is 1.87. The molecule has 3 aromatic heterocycles. The number of hydrogen-bond donors (Lipinski definition) is 0. The summed E-state index contributed by atoms with van der Waals surface area (Å²) in [6.07, 6.45) is 0. The van der Waals surface area contributed by atoms with E-state index in [0.717, 1.165) is 50.0 Å². The van der Waals surface area contributed by atoms with Crippen LogP contribution in [0.1, 0.15) is 0 Å². The highest BCUT2D eigenvalue weighted by atomic mass is 32.1. The van der Waals surface area contributed by atoms with E-state index < -0.39 is 0 Å². The Hall–Kier alpha value is -7.60.